The summed E-state index contributed by atoms with van der Waals surface area (Å²) in [5.41, 5.74) is 1.19. The van der Waals surface area contributed by atoms with Crippen LogP contribution in [0.5, 0.6) is 5.75 Å². The van der Waals surface area contributed by atoms with Crippen molar-refractivity contribution in [3.63, 3.8) is 0 Å². The molecule has 2 N–H and O–H groups in total. The van der Waals surface area contributed by atoms with Crippen LogP contribution in [0.15, 0.2) is 45.3 Å². The molecule has 0 aliphatic carbocycles. The van der Waals surface area contributed by atoms with E-state index in [0.717, 1.165) is 3.57 Å². The van der Waals surface area contributed by atoms with Crippen LogP contribution in [-0.2, 0) is 0 Å². The Labute approximate surface area is 140 Å². The fourth-order valence-electron chi connectivity index (χ4n) is 1.47. The van der Waals surface area contributed by atoms with Gasteiger partial charge in [-0.1, -0.05) is 6.07 Å². The molecule has 98 valence electrons. The molecule has 0 unspecified atom stereocenters. The van der Waals surface area contributed by atoms with E-state index >= 15 is 0 Å². The van der Waals surface area contributed by atoms with Gasteiger partial charge >= 0.3 is 0 Å². The summed E-state index contributed by atoms with van der Waals surface area (Å²) in [5.74, 6) is -0.0877. The van der Waals surface area contributed by atoms with Crippen LogP contribution in [0, 0.1) is 3.57 Å². The van der Waals surface area contributed by atoms with E-state index in [2.05, 4.69) is 59.8 Å². The minimum absolute atomic E-state index is 0.104. The van der Waals surface area contributed by atoms with Gasteiger partial charge in [-0.2, -0.15) is 0 Å². The van der Waals surface area contributed by atoms with Crippen LogP contribution in [0.25, 0.3) is 0 Å². The summed E-state index contributed by atoms with van der Waals surface area (Å²) in [6.45, 7) is 0. The van der Waals surface area contributed by atoms with Crippen LogP contribution in [0.4, 0.5) is 5.69 Å². The van der Waals surface area contributed by atoms with Crippen LogP contribution in [0.3, 0.4) is 0 Å². The molecule has 0 saturated heterocycles. The van der Waals surface area contributed by atoms with Crippen molar-refractivity contribution in [3.8, 4) is 5.75 Å². The van der Waals surface area contributed by atoms with Gasteiger partial charge in [-0.15, -0.1) is 0 Å². The van der Waals surface area contributed by atoms with E-state index in [1.807, 2.05) is 12.1 Å². The molecule has 2 aromatic rings. The first-order valence-corrected chi connectivity index (χ1v) is 7.89. The molecule has 0 saturated carbocycles. The quantitative estimate of drug-likeness (QED) is 0.464. The fourth-order valence-corrected chi connectivity index (χ4v) is 3.20. The summed E-state index contributed by atoms with van der Waals surface area (Å²) in [6, 6.07) is 10.6. The van der Waals surface area contributed by atoms with Gasteiger partial charge in [0.1, 0.15) is 5.75 Å². The van der Waals surface area contributed by atoms with Gasteiger partial charge in [0.25, 0.3) is 5.91 Å². The van der Waals surface area contributed by atoms with Gasteiger partial charge in [-0.3, -0.25) is 4.79 Å². The van der Waals surface area contributed by atoms with Gasteiger partial charge in [-0.05, 0) is 84.8 Å². The summed E-state index contributed by atoms with van der Waals surface area (Å²) in [6.07, 6.45) is 0. The molecule has 2 rings (SSSR count). The van der Waals surface area contributed by atoms with Gasteiger partial charge < -0.3 is 10.4 Å². The van der Waals surface area contributed by atoms with E-state index < -0.39 is 0 Å². The normalized spacial score (nSPS) is 10.3. The minimum Gasteiger partial charge on any atom is -0.506 e. The summed E-state index contributed by atoms with van der Waals surface area (Å²) < 4.78 is 2.03. The van der Waals surface area contributed by atoms with E-state index in [0.29, 0.717) is 20.2 Å². The number of benzene rings is 2. The maximum atomic E-state index is 12.1. The van der Waals surface area contributed by atoms with Gasteiger partial charge in [0.2, 0.25) is 0 Å². The molecule has 0 aromatic heterocycles. The van der Waals surface area contributed by atoms with Crippen molar-refractivity contribution in [1.29, 1.82) is 0 Å². The van der Waals surface area contributed by atoms with E-state index in [1.165, 1.54) is 0 Å². The molecule has 0 aliphatic rings. The van der Waals surface area contributed by atoms with Crippen LogP contribution >= 0.6 is 54.5 Å². The van der Waals surface area contributed by atoms with Crippen LogP contribution in [0.1, 0.15) is 10.4 Å². The lowest BCUT2D eigenvalue weighted by Gasteiger charge is -2.08. The molecular weight excluding hydrogens is 489 g/mol. The number of nitrogens with one attached hydrogen (secondary N) is 1. The first kappa shape index (κ1) is 14.8. The van der Waals surface area contributed by atoms with Crippen LogP contribution in [0.2, 0.25) is 0 Å². The van der Waals surface area contributed by atoms with E-state index in [4.69, 9.17) is 0 Å². The highest BCUT2D eigenvalue weighted by Gasteiger charge is 2.10. The Balaban J connectivity index is 2.24. The summed E-state index contributed by atoms with van der Waals surface area (Å²) in [7, 11) is 0. The zero-order valence-corrected chi connectivity index (χ0v) is 14.8. The highest BCUT2D eigenvalue weighted by atomic mass is 127. The van der Waals surface area contributed by atoms with Crippen molar-refractivity contribution in [2.45, 2.75) is 0 Å². The number of halogens is 3. The Morgan fingerprint density at radius 2 is 1.79 bits per heavy atom. The average Bonchev–Trinajstić information content (AvgIpc) is 2.36. The van der Waals surface area contributed by atoms with Crippen molar-refractivity contribution >= 4 is 66.0 Å². The smallest absolute Gasteiger partial charge is 0.255 e. The molecule has 0 heterocycles. The Morgan fingerprint density at radius 3 is 2.37 bits per heavy atom. The van der Waals surface area contributed by atoms with Gasteiger partial charge in [0.05, 0.1) is 8.95 Å². The molecule has 0 bridgehead atoms. The molecule has 3 nitrogen and oxygen atoms in total. The number of phenolic OH excluding ortho intramolecular Hbond substituents is 1. The molecule has 19 heavy (non-hydrogen) atoms. The number of phenols is 1. The topological polar surface area (TPSA) is 49.3 Å². The highest BCUT2D eigenvalue weighted by molar-refractivity contribution is 14.1. The SMILES string of the molecule is O=C(Nc1cc(Br)c(O)c(Br)c1)c1cccc(I)c1. The average molecular weight is 497 g/mol. The molecule has 0 spiro atoms. The Kier molecular flexibility index (Phi) is 4.86. The zero-order chi connectivity index (χ0) is 14.0. The molecular formula is C13H8Br2INO2. The lowest BCUT2D eigenvalue weighted by Crippen LogP contribution is -2.11. The number of amides is 1. The van der Waals surface area contributed by atoms with Crippen molar-refractivity contribution in [2.75, 3.05) is 5.32 Å². The Bertz CT molecular complexity index is 623. The number of anilines is 1. The maximum absolute atomic E-state index is 12.1. The standard InChI is InChI=1S/C13H8Br2INO2/c14-10-5-9(6-11(15)12(10)18)17-13(19)7-2-1-3-8(16)4-7/h1-6,18H,(H,17,19). The van der Waals surface area contributed by atoms with Gasteiger partial charge in [0.15, 0.2) is 0 Å². The predicted octanol–water partition coefficient (Wildman–Crippen LogP) is 4.77. The number of carbonyl (C=O) groups excluding carboxylic acids is 1. The highest BCUT2D eigenvalue weighted by Crippen LogP contribution is 2.35. The minimum atomic E-state index is -0.192. The molecule has 2 aromatic carbocycles. The molecule has 6 heteroatoms. The van der Waals surface area contributed by atoms with Crippen LogP contribution < -0.4 is 5.32 Å². The first-order valence-electron chi connectivity index (χ1n) is 5.22. The van der Waals surface area contributed by atoms with Gasteiger partial charge in [-0.25, -0.2) is 0 Å². The van der Waals surface area contributed by atoms with Crippen molar-refractivity contribution in [3.05, 3.63) is 54.5 Å². The molecule has 1 amide bonds. The van der Waals surface area contributed by atoms with Gasteiger partial charge in [0, 0.05) is 14.8 Å². The largest absolute Gasteiger partial charge is 0.506 e. The second-order valence-electron chi connectivity index (χ2n) is 3.75. The monoisotopic (exact) mass is 495 g/mol. The first-order chi connectivity index (χ1) is 8.97. The third-order valence-electron chi connectivity index (χ3n) is 2.36. The van der Waals surface area contributed by atoms with Crippen molar-refractivity contribution in [1.82, 2.24) is 0 Å². The molecule has 0 atom stereocenters. The van der Waals surface area contributed by atoms with Crippen LogP contribution in [-0.4, -0.2) is 11.0 Å². The van der Waals surface area contributed by atoms with E-state index in [1.54, 1.807) is 24.3 Å². The zero-order valence-electron chi connectivity index (χ0n) is 9.45. The second-order valence-corrected chi connectivity index (χ2v) is 6.71. The lowest BCUT2D eigenvalue weighted by atomic mass is 10.2. The summed E-state index contributed by atoms with van der Waals surface area (Å²) >= 11 is 8.60. The maximum Gasteiger partial charge on any atom is 0.255 e. The Morgan fingerprint density at radius 1 is 1.16 bits per heavy atom. The second kappa shape index (κ2) is 6.23. The molecule has 0 aliphatic heterocycles. The predicted molar refractivity (Wildman–Crippen MR) is 90.6 cm³/mol. The number of hydrogen-bond acceptors (Lipinski definition) is 2. The number of rotatable bonds is 2. The van der Waals surface area contributed by atoms with E-state index in [9.17, 15) is 9.90 Å². The fraction of sp³-hybridized carbons (Fsp3) is 0. The third kappa shape index (κ3) is 3.70. The van der Waals surface area contributed by atoms with Crippen molar-refractivity contribution in [2.24, 2.45) is 0 Å². The van der Waals surface area contributed by atoms with E-state index in [-0.39, 0.29) is 11.7 Å². The molecule has 0 fully saturated rings. The number of aromatic hydroxyl groups is 1. The lowest BCUT2D eigenvalue weighted by molar-refractivity contribution is 0.102. The Hall–Kier alpha value is -0.600. The van der Waals surface area contributed by atoms with Crippen molar-refractivity contribution < 1.29 is 9.90 Å². The number of carbonyl (C=O) groups is 1. The summed E-state index contributed by atoms with van der Waals surface area (Å²) in [5, 5.41) is 12.4. The number of hydrogen-bond donors (Lipinski definition) is 2. The third-order valence-corrected chi connectivity index (χ3v) is 4.24. The molecule has 0 radical (unpaired) electrons. The summed E-state index contributed by atoms with van der Waals surface area (Å²) in [4.78, 5) is 12.1.